The third-order valence-corrected chi connectivity index (χ3v) is 4.17. The van der Waals surface area contributed by atoms with Gasteiger partial charge in [-0.1, -0.05) is 42.5 Å². The molecule has 4 rings (SSSR count). The highest BCUT2D eigenvalue weighted by Crippen LogP contribution is 2.40. The molecule has 0 spiro atoms. The van der Waals surface area contributed by atoms with E-state index in [0.29, 0.717) is 5.92 Å². The van der Waals surface area contributed by atoms with Gasteiger partial charge in [0.05, 0.1) is 0 Å². The summed E-state index contributed by atoms with van der Waals surface area (Å²) in [5, 5.41) is 0. The van der Waals surface area contributed by atoms with Crippen molar-refractivity contribution in [3.8, 4) is 11.1 Å². The Balaban J connectivity index is 2.06. The summed E-state index contributed by atoms with van der Waals surface area (Å²) in [6.07, 6.45) is 4.44. The minimum absolute atomic E-state index is 0.605. The lowest BCUT2D eigenvalue weighted by molar-refractivity contribution is 0.637. The van der Waals surface area contributed by atoms with Crippen LogP contribution in [0.1, 0.15) is 29.0 Å². The normalized spacial score (nSPS) is 19.9. The third kappa shape index (κ3) is 1.37. The zero-order valence-corrected chi connectivity index (χ0v) is 10.3. The smallest absolute Gasteiger partial charge is 0.0458 e. The van der Waals surface area contributed by atoms with Gasteiger partial charge in [0.25, 0.3) is 0 Å². The van der Waals surface area contributed by atoms with E-state index in [-0.39, 0.29) is 0 Å². The van der Waals surface area contributed by atoms with Crippen molar-refractivity contribution < 1.29 is 0 Å². The molecule has 2 aromatic rings. The van der Waals surface area contributed by atoms with E-state index in [1.807, 2.05) is 6.21 Å². The van der Waals surface area contributed by atoms with Gasteiger partial charge in [-0.2, -0.15) is 0 Å². The number of benzene rings is 2. The van der Waals surface area contributed by atoms with Crippen LogP contribution in [0, 0.1) is 0 Å². The molecule has 1 atom stereocenters. The first-order valence-corrected chi connectivity index (χ1v) is 6.64. The molecule has 1 aliphatic heterocycles. The Morgan fingerprint density at radius 1 is 0.944 bits per heavy atom. The molecule has 1 heterocycles. The zero-order chi connectivity index (χ0) is 11.9. The summed E-state index contributed by atoms with van der Waals surface area (Å²) in [5.74, 6) is 0.605. The van der Waals surface area contributed by atoms with Gasteiger partial charge in [-0.3, -0.25) is 4.99 Å². The third-order valence-electron chi connectivity index (χ3n) is 4.17. The highest BCUT2D eigenvalue weighted by molar-refractivity contribution is 5.88. The number of aliphatic imine (C=N–C) groups is 1. The Kier molecular flexibility index (Phi) is 2.13. The van der Waals surface area contributed by atoms with Gasteiger partial charge in [-0.05, 0) is 40.7 Å². The predicted molar refractivity (Wildman–Crippen MR) is 75.4 cm³/mol. The first kappa shape index (κ1) is 10.1. The lowest BCUT2D eigenvalue weighted by Gasteiger charge is -2.21. The average molecular weight is 233 g/mol. The largest absolute Gasteiger partial charge is 0.292 e. The zero-order valence-electron chi connectivity index (χ0n) is 10.3. The van der Waals surface area contributed by atoms with Crippen molar-refractivity contribution in [1.82, 2.24) is 0 Å². The summed E-state index contributed by atoms with van der Waals surface area (Å²) in [5.41, 5.74) is 7.18. The average Bonchev–Trinajstić information content (AvgIpc) is 2.60. The number of rotatable bonds is 0. The molecule has 88 valence electrons. The van der Waals surface area contributed by atoms with Crippen molar-refractivity contribution in [1.29, 1.82) is 0 Å². The molecule has 0 unspecified atom stereocenters. The van der Waals surface area contributed by atoms with Crippen molar-refractivity contribution in [2.45, 2.75) is 18.8 Å². The minimum Gasteiger partial charge on any atom is -0.292 e. The van der Waals surface area contributed by atoms with Crippen LogP contribution in [0.4, 0.5) is 0 Å². The first-order valence-electron chi connectivity index (χ1n) is 6.64. The lowest BCUT2D eigenvalue weighted by atomic mass is 9.86. The predicted octanol–water partition coefficient (Wildman–Crippen LogP) is 3.82. The number of nitrogens with zero attached hydrogens (tertiary/aromatic N) is 1. The Morgan fingerprint density at radius 3 is 2.83 bits per heavy atom. The van der Waals surface area contributed by atoms with Crippen LogP contribution in [-0.2, 0) is 6.42 Å². The van der Waals surface area contributed by atoms with E-state index in [4.69, 9.17) is 0 Å². The molecule has 2 aromatic carbocycles. The molecule has 0 fully saturated rings. The van der Waals surface area contributed by atoms with Crippen molar-refractivity contribution in [2.75, 3.05) is 6.54 Å². The fraction of sp³-hybridized carbons (Fsp3) is 0.235. The van der Waals surface area contributed by atoms with Gasteiger partial charge in [-0.15, -0.1) is 0 Å². The molecule has 0 amide bonds. The van der Waals surface area contributed by atoms with Gasteiger partial charge >= 0.3 is 0 Å². The van der Waals surface area contributed by atoms with Gasteiger partial charge in [0, 0.05) is 18.7 Å². The molecule has 0 bridgehead atoms. The number of aryl methyl sites for hydroxylation is 1. The molecule has 1 heteroatoms. The molecule has 1 aliphatic carbocycles. The quantitative estimate of drug-likeness (QED) is 0.656. The summed E-state index contributed by atoms with van der Waals surface area (Å²) in [4.78, 5) is 4.53. The molecule has 0 saturated heterocycles. The second-order valence-corrected chi connectivity index (χ2v) is 5.20. The van der Waals surface area contributed by atoms with Gasteiger partial charge in [0.2, 0.25) is 0 Å². The van der Waals surface area contributed by atoms with Gasteiger partial charge in [0.15, 0.2) is 0 Å². The van der Waals surface area contributed by atoms with Crippen LogP contribution in [0.25, 0.3) is 11.1 Å². The number of fused-ring (bicyclic) bond motifs is 2. The topological polar surface area (TPSA) is 12.4 Å². The summed E-state index contributed by atoms with van der Waals surface area (Å²) < 4.78 is 0. The van der Waals surface area contributed by atoms with E-state index in [2.05, 4.69) is 47.5 Å². The van der Waals surface area contributed by atoms with Crippen LogP contribution in [0.15, 0.2) is 47.5 Å². The maximum absolute atomic E-state index is 4.53. The Hall–Kier alpha value is -1.89. The fourth-order valence-corrected chi connectivity index (χ4v) is 3.32. The first-order chi connectivity index (χ1) is 8.93. The maximum Gasteiger partial charge on any atom is 0.0458 e. The van der Waals surface area contributed by atoms with E-state index in [0.717, 1.165) is 6.54 Å². The van der Waals surface area contributed by atoms with E-state index >= 15 is 0 Å². The molecule has 0 radical (unpaired) electrons. The SMILES string of the molecule is C1=NC[C@@H]2CCc3ccccc3-c3cccc1c32. The van der Waals surface area contributed by atoms with Gasteiger partial charge < -0.3 is 0 Å². The highest BCUT2D eigenvalue weighted by Gasteiger charge is 2.25. The van der Waals surface area contributed by atoms with E-state index < -0.39 is 0 Å². The highest BCUT2D eigenvalue weighted by atomic mass is 14.7. The second-order valence-electron chi connectivity index (χ2n) is 5.20. The summed E-state index contributed by atoms with van der Waals surface area (Å²) in [6.45, 7) is 0.956. The summed E-state index contributed by atoms with van der Waals surface area (Å²) >= 11 is 0. The monoisotopic (exact) mass is 233 g/mol. The number of hydrogen-bond acceptors (Lipinski definition) is 1. The lowest BCUT2D eigenvalue weighted by Crippen LogP contribution is -2.11. The Bertz CT molecular complexity index is 640. The van der Waals surface area contributed by atoms with Crippen LogP contribution in [0.5, 0.6) is 0 Å². The molecule has 18 heavy (non-hydrogen) atoms. The van der Waals surface area contributed by atoms with Crippen LogP contribution < -0.4 is 0 Å². The maximum atomic E-state index is 4.53. The van der Waals surface area contributed by atoms with Crippen molar-refractivity contribution >= 4 is 6.21 Å². The molecular formula is C17H15N. The molecule has 0 N–H and O–H groups in total. The Labute approximate surface area is 107 Å². The van der Waals surface area contributed by atoms with Crippen molar-refractivity contribution in [3.05, 3.63) is 59.2 Å². The fourth-order valence-electron chi connectivity index (χ4n) is 3.32. The van der Waals surface area contributed by atoms with E-state index in [9.17, 15) is 0 Å². The van der Waals surface area contributed by atoms with Gasteiger partial charge in [0.1, 0.15) is 0 Å². The van der Waals surface area contributed by atoms with E-state index in [1.165, 1.54) is 40.7 Å². The molecule has 0 saturated carbocycles. The van der Waals surface area contributed by atoms with Gasteiger partial charge in [-0.25, -0.2) is 0 Å². The summed E-state index contributed by atoms with van der Waals surface area (Å²) in [7, 11) is 0. The second kappa shape index (κ2) is 3.81. The van der Waals surface area contributed by atoms with Crippen molar-refractivity contribution in [3.63, 3.8) is 0 Å². The number of hydrogen-bond donors (Lipinski definition) is 0. The van der Waals surface area contributed by atoms with E-state index in [1.54, 1.807) is 0 Å². The van der Waals surface area contributed by atoms with Crippen LogP contribution >= 0.6 is 0 Å². The summed E-state index contributed by atoms with van der Waals surface area (Å²) in [6, 6.07) is 15.5. The minimum atomic E-state index is 0.605. The molecule has 0 aromatic heterocycles. The molecule has 1 nitrogen and oxygen atoms in total. The van der Waals surface area contributed by atoms with Crippen LogP contribution in [0.2, 0.25) is 0 Å². The van der Waals surface area contributed by atoms with Crippen LogP contribution in [0.3, 0.4) is 0 Å². The van der Waals surface area contributed by atoms with Crippen LogP contribution in [-0.4, -0.2) is 12.8 Å². The van der Waals surface area contributed by atoms with Crippen molar-refractivity contribution in [2.24, 2.45) is 4.99 Å². The molecule has 2 aliphatic rings. The Morgan fingerprint density at radius 2 is 1.83 bits per heavy atom. The molecular weight excluding hydrogens is 218 g/mol. The standard InChI is InChI=1S/C17H15N/c1-2-6-15-12(4-1)8-9-14-11-18-10-13-5-3-7-16(15)17(13)14/h1-7,10,14H,8-9,11H2/t14-/m0/s1.